The van der Waals surface area contributed by atoms with Crippen LogP contribution in [0.25, 0.3) is 0 Å². The molecule has 0 saturated heterocycles. The molecular weight excluding hydrogens is 287 g/mol. The van der Waals surface area contributed by atoms with Crippen LogP contribution in [0.3, 0.4) is 0 Å². The monoisotopic (exact) mass is 299 g/mol. The van der Waals surface area contributed by atoms with Gasteiger partial charge in [0.15, 0.2) is 0 Å². The molecule has 108 valence electrons. The largest absolute Gasteiger partial charge is 0.497 e. The first kappa shape index (κ1) is 17.5. The van der Waals surface area contributed by atoms with Crippen LogP contribution < -0.4 is 10.5 Å². The molecule has 0 spiro atoms. The van der Waals surface area contributed by atoms with Crippen LogP contribution in [-0.2, 0) is 15.7 Å². The number of halogens is 4. The van der Waals surface area contributed by atoms with Gasteiger partial charge in [-0.3, -0.25) is 4.79 Å². The van der Waals surface area contributed by atoms with E-state index >= 15 is 0 Å². The van der Waals surface area contributed by atoms with Crippen LogP contribution in [0.1, 0.15) is 17.2 Å². The lowest BCUT2D eigenvalue weighted by Crippen LogP contribution is -2.25. The molecule has 0 aliphatic heterocycles. The van der Waals surface area contributed by atoms with Crippen LogP contribution in [0.5, 0.6) is 5.75 Å². The van der Waals surface area contributed by atoms with Crippen LogP contribution in [0.4, 0.5) is 13.2 Å². The van der Waals surface area contributed by atoms with E-state index in [9.17, 15) is 18.0 Å². The van der Waals surface area contributed by atoms with Gasteiger partial charge in [-0.25, -0.2) is 0 Å². The molecule has 1 aromatic rings. The highest BCUT2D eigenvalue weighted by Crippen LogP contribution is 2.36. The third-order valence-corrected chi connectivity index (χ3v) is 2.36. The SMILES string of the molecule is COC(=O)[C@@H](N)c1ccc(OC)cc1C(F)(F)F.Cl. The van der Waals surface area contributed by atoms with Gasteiger partial charge in [0.05, 0.1) is 19.8 Å². The molecule has 4 nitrogen and oxygen atoms in total. The number of benzene rings is 1. The molecule has 0 saturated carbocycles. The molecule has 1 rings (SSSR count). The number of carbonyl (C=O) groups is 1. The molecule has 1 atom stereocenters. The molecule has 8 heteroatoms. The number of hydrogen-bond acceptors (Lipinski definition) is 4. The number of ether oxygens (including phenoxy) is 2. The van der Waals surface area contributed by atoms with Gasteiger partial charge in [0.2, 0.25) is 0 Å². The van der Waals surface area contributed by atoms with Crippen LogP contribution in [0, 0.1) is 0 Å². The summed E-state index contributed by atoms with van der Waals surface area (Å²) in [5, 5.41) is 0. The summed E-state index contributed by atoms with van der Waals surface area (Å²) in [6.45, 7) is 0. The van der Waals surface area contributed by atoms with Crippen molar-refractivity contribution in [1.82, 2.24) is 0 Å². The minimum absolute atomic E-state index is 0. The van der Waals surface area contributed by atoms with Crippen molar-refractivity contribution in [1.29, 1.82) is 0 Å². The van der Waals surface area contributed by atoms with Gasteiger partial charge >= 0.3 is 12.1 Å². The molecule has 19 heavy (non-hydrogen) atoms. The highest BCUT2D eigenvalue weighted by atomic mass is 35.5. The number of nitrogens with two attached hydrogens (primary N) is 1. The molecule has 0 aromatic heterocycles. The maximum Gasteiger partial charge on any atom is 0.416 e. The maximum atomic E-state index is 12.8. The van der Waals surface area contributed by atoms with Gasteiger partial charge in [-0.05, 0) is 17.7 Å². The van der Waals surface area contributed by atoms with Crippen LogP contribution in [0.15, 0.2) is 18.2 Å². The van der Waals surface area contributed by atoms with Gasteiger partial charge in [0, 0.05) is 0 Å². The Hall–Kier alpha value is -1.47. The number of carbonyl (C=O) groups excluding carboxylic acids is 1. The number of hydrogen-bond donors (Lipinski definition) is 1. The number of alkyl halides is 3. The first-order valence-corrected chi connectivity index (χ1v) is 4.89. The third kappa shape index (κ3) is 4.00. The van der Waals surface area contributed by atoms with E-state index in [0.717, 1.165) is 19.2 Å². The van der Waals surface area contributed by atoms with Crippen molar-refractivity contribution in [3.63, 3.8) is 0 Å². The lowest BCUT2D eigenvalue weighted by molar-refractivity contribution is -0.144. The first-order chi connectivity index (χ1) is 8.31. The summed E-state index contributed by atoms with van der Waals surface area (Å²) in [5.41, 5.74) is 4.06. The second kappa shape index (κ2) is 6.63. The Balaban J connectivity index is 0.00000324. The van der Waals surface area contributed by atoms with E-state index in [2.05, 4.69) is 4.74 Å². The van der Waals surface area contributed by atoms with Crippen LogP contribution >= 0.6 is 12.4 Å². The highest BCUT2D eigenvalue weighted by molar-refractivity contribution is 5.85. The van der Waals surface area contributed by atoms with Crippen molar-refractivity contribution < 1.29 is 27.4 Å². The Morgan fingerprint density at radius 2 is 1.89 bits per heavy atom. The summed E-state index contributed by atoms with van der Waals surface area (Å²) in [7, 11) is 2.30. The normalized spacial score (nSPS) is 12.3. The van der Waals surface area contributed by atoms with E-state index in [1.54, 1.807) is 0 Å². The zero-order valence-electron chi connectivity index (χ0n) is 10.2. The summed E-state index contributed by atoms with van der Waals surface area (Å²) in [5.74, 6) is -0.909. The second-order valence-electron chi connectivity index (χ2n) is 3.45. The van der Waals surface area contributed by atoms with E-state index in [-0.39, 0.29) is 23.7 Å². The molecule has 2 N–H and O–H groups in total. The van der Waals surface area contributed by atoms with E-state index in [1.165, 1.54) is 13.2 Å². The first-order valence-electron chi connectivity index (χ1n) is 4.89. The van der Waals surface area contributed by atoms with E-state index in [1.807, 2.05) is 0 Å². The molecule has 1 aromatic carbocycles. The molecular formula is C11H13ClF3NO3. The lowest BCUT2D eigenvalue weighted by Gasteiger charge is -2.17. The fourth-order valence-corrected chi connectivity index (χ4v) is 1.43. The van der Waals surface area contributed by atoms with Crippen LogP contribution in [-0.4, -0.2) is 20.2 Å². The second-order valence-corrected chi connectivity index (χ2v) is 3.45. The van der Waals surface area contributed by atoms with E-state index < -0.39 is 23.8 Å². The molecule has 0 bridgehead atoms. The number of esters is 1. The topological polar surface area (TPSA) is 61.5 Å². The van der Waals surface area contributed by atoms with E-state index in [0.29, 0.717) is 0 Å². The summed E-state index contributed by atoms with van der Waals surface area (Å²) in [6, 6.07) is 1.70. The molecule has 0 radical (unpaired) electrons. The fraction of sp³-hybridized carbons (Fsp3) is 0.364. The molecule has 0 heterocycles. The Bertz CT molecular complexity index is 451. The van der Waals surface area contributed by atoms with Crippen molar-refractivity contribution in [2.45, 2.75) is 12.2 Å². The molecule has 0 aliphatic carbocycles. The highest BCUT2D eigenvalue weighted by Gasteiger charge is 2.36. The van der Waals surface area contributed by atoms with Crippen LogP contribution in [0.2, 0.25) is 0 Å². The van der Waals surface area contributed by atoms with Gasteiger partial charge in [-0.15, -0.1) is 12.4 Å². The summed E-state index contributed by atoms with van der Waals surface area (Å²) < 4.78 is 47.5. The third-order valence-electron chi connectivity index (χ3n) is 2.36. The molecule has 0 amide bonds. The van der Waals surface area contributed by atoms with Crippen molar-refractivity contribution in [2.75, 3.05) is 14.2 Å². The predicted molar refractivity (Wildman–Crippen MR) is 64.2 cm³/mol. The standard InChI is InChI=1S/C11H12F3NO3.ClH/c1-17-6-3-4-7(9(15)10(16)18-2)8(5-6)11(12,13)14;/h3-5,9H,15H2,1-2H3;1H/t9-;/m0./s1. The fourth-order valence-electron chi connectivity index (χ4n) is 1.43. The van der Waals surface area contributed by atoms with Gasteiger partial charge in [-0.2, -0.15) is 13.2 Å². The minimum atomic E-state index is -4.63. The van der Waals surface area contributed by atoms with Gasteiger partial charge in [0.1, 0.15) is 11.8 Å². The lowest BCUT2D eigenvalue weighted by atomic mass is 10.00. The average Bonchev–Trinajstić information content (AvgIpc) is 2.35. The van der Waals surface area contributed by atoms with Gasteiger partial charge in [-0.1, -0.05) is 6.07 Å². The molecule has 0 aliphatic rings. The summed E-state index contributed by atoms with van der Waals surface area (Å²) in [4.78, 5) is 11.2. The zero-order chi connectivity index (χ0) is 13.9. The Kier molecular flexibility index (Phi) is 6.11. The van der Waals surface area contributed by atoms with Crippen molar-refractivity contribution in [3.05, 3.63) is 29.3 Å². The van der Waals surface area contributed by atoms with Crippen molar-refractivity contribution >= 4 is 18.4 Å². The maximum absolute atomic E-state index is 12.8. The van der Waals surface area contributed by atoms with Crippen molar-refractivity contribution in [3.8, 4) is 5.75 Å². The van der Waals surface area contributed by atoms with Gasteiger partial charge in [0.25, 0.3) is 0 Å². The summed E-state index contributed by atoms with van der Waals surface area (Å²) >= 11 is 0. The number of methoxy groups -OCH3 is 2. The van der Waals surface area contributed by atoms with E-state index in [4.69, 9.17) is 10.5 Å². The predicted octanol–water partition coefficient (Wildman–Crippen LogP) is 2.31. The minimum Gasteiger partial charge on any atom is -0.497 e. The Labute approximate surface area is 114 Å². The average molecular weight is 300 g/mol. The Morgan fingerprint density at radius 3 is 2.32 bits per heavy atom. The Morgan fingerprint density at radius 1 is 1.32 bits per heavy atom. The number of rotatable bonds is 3. The quantitative estimate of drug-likeness (QED) is 0.870. The molecule has 0 unspecified atom stereocenters. The van der Waals surface area contributed by atoms with Crippen molar-refractivity contribution in [2.24, 2.45) is 5.73 Å². The van der Waals surface area contributed by atoms with Gasteiger partial charge < -0.3 is 15.2 Å². The smallest absolute Gasteiger partial charge is 0.416 e. The zero-order valence-corrected chi connectivity index (χ0v) is 11.0. The molecule has 0 fully saturated rings. The summed E-state index contributed by atoms with van der Waals surface area (Å²) in [6.07, 6.45) is -4.63.